The molecule has 6 nitrogen and oxygen atoms in total. The predicted molar refractivity (Wildman–Crippen MR) is 61.2 cm³/mol. The van der Waals surface area contributed by atoms with Crippen LogP contribution in [0.15, 0.2) is 28.9 Å². The number of hydrogen-bond donors (Lipinski definition) is 1. The summed E-state index contributed by atoms with van der Waals surface area (Å²) in [6, 6.07) is 2.96. The largest absolute Gasteiger partial charge is 0.539 e. The minimum absolute atomic E-state index is 0.109. The van der Waals surface area contributed by atoms with Gasteiger partial charge in [-0.1, -0.05) is 16.3 Å². The number of rotatable bonds is 3. The Bertz CT molecular complexity index is 672. The highest BCUT2D eigenvalue weighted by molar-refractivity contribution is 6.30. The minimum Gasteiger partial charge on any atom is -0.539 e. The first-order valence-electron chi connectivity index (χ1n) is 5.46. The van der Waals surface area contributed by atoms with Gasteiger partial charge in [0.1, 0.15) is 5.95 Å². The number of halogens is 4. The topological polar surface area (TPSA) is 82.1 Å². The molecular weight excluding hydrogens is 315 g/mol. The fourth-order valence-corrected chi connectivity index (χ4v) is 1.70. The van der Waals surface area contributed by atoms with Crippen LogP contribution in [0, 0.1) is 0 Å². The minimum atomic E-state index is -4.67. The molecule has 0 aliphatic rings. The number of nitrogens with one attached hydrogen (secondary N) is 1. The average Bonchev–Trinajstić information content (AvgIpc) is 2.75. The molecule has 1 amide bonds. The van der Waals surface area contributed by atoms with Crippen LogP contribution in [0.2, 0.25) is 5.02 Å². The number of carbonyl (C=O) groups excluding carboxylic acids is 1. The molecule has 2 aromatic rings. The standard InChI is InChI=1S/C11H7ClF3N3O3/c12-6-1-2-8(7(3-6)11(13,14)15)16-9(19)4-18-5-10(20)21-17-18/h1-3,5H,4H2,(H-,16,17,19,20). The maximum Gasteiger partial charge on any atom is 0.418 e. The van der Waals surface area contributed by atoms with Crippen molar-refractivity contribution in [2.24, 2.45) is 0 Å². The lowest BCUT2D eigenvalue weighted by atomic mass is 10.1. The van der Waals surface area contributed by atoms with Gasteiger partial charge >= 0.3 is 6.18 Å². The van der Waals surface area contributed by atoms with Gasteiger partial charge in [-0.05, 0) is 18.2 Å². The molecule has 0 bridgehead atoms. The Morgan fingerprint density at radius 2 is 2.19 bits per heavy atom. The van der Waals surface area contributed by atoms with E-state index in [4.69, 9.17) is 11.6 Å². The van der Waals surface area contributed by atoms with Gasteiger partial charge in [0.2, 0.25) is 6.20 Å². The van der Waals surface area contributed by atoms with Crippen molar-refractivity contribution in [3.8, 4) is 5.95 Å². The number of aromatic nitrogens is 2. The Balaban J connectivity index is 2.17. The molecule has 1 N–H and O–H groups in total. The van der Waals surface area contributed by atoms with E-state index in [0.29, 0.717) is 6.07 Å². The molecule has 0 saturated carbocycles. The second-order valence-electron chi connectivity index (χ2n) is 3.95. The average molecular weight is 322 g/mol. The summed E-state index contributed by atoms with van der Waals surface area (Å²) in [4.78, 5) is 11.6. The smallest absolute Gasteiger partial charge is 0.418 e. The van der Waals surface area contributed by atoms with Crippen LogP contribution in [0.5, 0.6) is 5.95 Å². The van der Waals surface area contributed by atoms with E-state index in [2.05, 4.69) is 15.1 Å². The first kappa shape index (κ1) is 15.1. The molecular formula is C11H7ClF3N3O3. The Morgan fingerprint density at radius 3 is 2.76 bits per heavy atom. The molecule has 0 fully saturated rings. The van der Waals surface area contributed by atoms with Crippen molar-refractivity contribution in [1.29, 1.82) is 0 Å². The Hall–Kier alpha value is -2.29. The van der Waals surface area contributed by atoms with Gasteiger partial charge in [-0.2, -0.15) is 13.2 Å². The van der Waals surface area contributed by atoms with Crippen LogP contribution in [0.1, 0.15) is 5.56 Å². The van der Waals surface area contributed by atoms with E-state index < -0.39 is 35.8 Å². The molecule has 21 heavy (non-hydrogen) atoms. The summed E-state index contributed by atoms with van der Waals surface area (Å²) < 4.78 is 43.5. The van der Waals surface area contributed by atoms with Crippen molar-refractivity contribution in [1.82, 2.24) is 5.27 Å². The molecule has 0 aliphatic carbocycles. The number of carbonyl (C=O) groups is 1. The van der Waals surface area contributed by atoms with Crippen LogP contribution in [-0.2, 0) is 17.5 Å². The molecule has 10 heteroatoms. The third-order valence-corrected chi connectivity index (χ3v) is 2.59. The molecule has 0 atom stereocenters. The summed E-state index contributed by atoms with van der Waals surface area (Å²) in [5.41, 5.74) is -1.51. The summed E-state index contributed by atoms with van der Waals surface area (Å²) in [5.74, 6) is -1.58. The van der Waals surface area contributed by atoms with E-state index in [1.165, 1.54) is 6.07 Å². The number of alkyl halides is 3. The Labute approximate surface area is 120 Å². The summed E-state index contributed by atoms with van der Waals surface area (Å²) in [6.07, 6.45) is -3.77. The molecule has 1 aromatic carbocycles. The molecule has 0 saturated heterocycles. The van der Waals surface area contributed by atoms with E-state index in [1.54, 1.807) is 0 Å². The summed E-state index contributed by atoms with van der Waals surface area (Å²) in [5, 5.41) is 15.9. The highest BCUT2D eigenvalue weighted by Gasteiger charge is 2.34. The maximum absolute atomic E-state index is 12.8. The molecule has 0 unspecified atom stereocenters. The first-order valence-corrected chi connectivity index (χ1v) is 5.83. The number of amides is 1. The number of hydrogen-bond acceptors (Lipinski definition) is 4. The summed E-state index contributed by atoms with van der Waals surface area (Å²) in [7, 11) is 0. The number of benzene rings is 1. The third kappa shape index (κ3) is 3.85. The van der Waals surface area contributed by atoms with Crippen molar-refractivity contribution < 1.29 is 32.3 Å². The quantitative estimate of drug-likeness (QED) is 0.865. The van der Waals surface area contributed by atoms with Gasteiger partial charge in [0.15, 0.2) is 0 Å². The fraction of sp³-hybridized carbons (Fsp3) is 0.182. The highest BCUT2D eigenvalue weighted by atomic mass is 35.5. The number of anilines is 1. The van der Waals surface area contributed by atoms with E-state index >= 15 is 0 Å². The lowest BCUT2D eigenvalue weighted by Crippen LogP contribution is -2.41. The van der Waals surface area contributed by atoms with Crippen molar-refractivity contribution in [3.05, 3.63) is 35.0 Å². The van der Waals surface area contributed by atoms with Crippen LogP contribution >= 0.6 is 11.6 Å². The molecule has 112 valence electrons. The van der Waals surface area contributed by atoms with Crippen molar-refractivity contribution in [3.63, 3.8) is 0 Å². The normalized spacial score (nSPS) is 11.4. The second kappa shape index (κ2) is 5.60. The summed E-state index contributed by atoms with van der Waals surface area (Å²) in [6.45, 7) is -0.467. The Morgan fingerprint density at radius 1 is 1.48 bits per heavy atom. The molecule has 0 spiro atoms. The highest BCUT2D eigenvalue weighted by Crippen LogP contribution is 2.36. The molecule has 0 aliphatic heterocycles. The van der Waals surface area contributed by atoms with Crippen LogP contribution < -0.4 is 15.1 Å². The molecule has 2 rings (SSSR count). The molecule has 1 heterocycles. The maximum atomic E-state index is 12.8. The van der Waals surface area contributed by atoms with Gasteiger partial charge in [-0.15, -0.1) is 0 Å². The van der Waals surface area contributed by atoms with Crippen molar-refractivity contribution in [2.75, 3.05) is 5.32 Å². The van der Waals surface area contributed by atoms with E-state index in [9.17, 15) is 23.1 Å². The van der Waals surface area contributed by atoms with E-state index in [1.807, 2.05) is 0 Å². The van der Waals surface area contributed by atoms with Crippen LogP contribution in [0.3, 0.4) is 0 Å². The molecule has 1 aromatic heterocycles. The van der Waals surface area contributed by atoms with Gasteiger partial charge in [0.25, 0.3) is 12.5 Å². The lowest BCUT2D eigenvalue weighted by Gasteiger charge is -2.13. The van der Waals surface area contributed by atoms with E-state index in [-0.39, 0.29) is 5.02 Å². The van der Waals surface area contributed by atoms with Crippen LogP contribution in [0.4, 0.5) is 18.9 Å². The SMILES string of the molecule is O=C(C[n+]1cc([O-])on1)Nc1ccc(Cl)cc1C(F)(F)F. The second-order valence-corrected chi connectivity index (χ2v) is 4.39. The zero-order valence-electron chi connectivity index (χ0n) is 10.1. The van der Waals surface area contributed by atoms with Gasteiger partial charge in [-0.3, -0.25) is 4.79 Å². The monoisotopic (exact) mass is 321 g/mol. The van der Waals surface area contributed by atoms with Crippen molar-refractivity contribution in [2.45, 2.75) is 12.7 Å². The lowest BCUT2D eigenvalue weighted by molar-refractivity contribution is -0.750. The van der Waals surface area contributed by atoms with Crippen molar-refractivity contribution >= 4 is 23.2 Å². The summed E-state index contributed by atoms with van der Waals surface area (Å²) >= 11 is 5.52. The zero-order valence-corrected chi connectivity index (χ0v) is 10.9. The first-order chi connectivity index (χ1) is 9.75. The van der Waals surface area contributed by atoms with Gasteiger partial charge in [0, 0.05) is 5.02 Å². The van der Waals surface area contributed by atoms with Crippen LogP contribution in [0.25, 0.3) is 0 Å². The van der Waals surface area contributed by atoms with E-state index in [0.717, 1.165) is 16.9 Å². The fourth-order valence-electron chi connectivity index (χ4n) is 1.53. The van der Waals surface area contributed by atoms with Crippen LogP contribution in [-0.4, -0.2) is 11.2 Å². The third-order valence-electron chi connectivity index (χ3n) is 2.36. The zero-order chi connectivity index (χ0) is 15.6. The molecule has 0 radical (unpaired) electrons. The van der Waals surface area contributed by atoms with Gasteiger partial charge < -0.3 is 14.9 Å². The number of nitrogens with zero attached hydrogens (tertiary/aromatic N) is 2. The van der Waals surface area contributed by atoms with Gasteiger partial charge in [0.05, 0.1) is 16.5 Å². The Kier molecular flexibility index (Phi) is 4.03. The predicted octanol–water partition coefficient (Wildman–Crippen LogP) is 1.35. The van der Waals surface area contributed by atoms with Gasteiger partial charge in [-0.25, -0.2) is 0 Å².